The van der Waals surface area contributed by atoms with Crippen LogP contribution in [0.2, 0.25) is 0 Å². The van der Waals surface area contributed by atoms with Gasteiger partial charge in [0.2, 0.25) is 0 Å². The summed E-state index contributed by atoms with van der Waals surface area (Å²) in [6, 6.07) is 0.958. The quantitative estimate of drug-likeness (QED) is 0.707. The van der Waals surface area contributed by atoms with Gasteiger partial charge in [-0.1, -0.05) is 20.3 Å². The van der Waals surface area contributed by atoms with Crippen LogP contribution in [0.5, 0.6) is 0 Å². The van der Waals surface area contributed by atoms with Gasteiger partial charge in [0.25, 0.3) is 0 Å². The molecule has 0 radical (unpaired) electrons. The van der Waals surface area contributed by atoms with E-state index >= 15 is 0 Å². The first-order valence-corrected chi connectivity index (χ1v) is 5.07. The molecule has 0 amide bonds. The van der Waals surface area contributed by atoms with Crippen LogP contribution in [0.1, 0.15) is 30.0 Å². The minimum Gasteiger partial charge on any atom is -0.398 e. The van der Waals surface area contributed by atoms with E-state index in [2.05, 4.69) is 13.8 Å². The maximum absolute atomic E-state index is 11.9. The molecule has 0 unspecified atom stereocenters. The molecule has 0 aliphatic carbocycles. The average Bonchev–Trinajstić information content (AvgIpc) is 2.32. The third-order valence-corrected chi connectivity index (χ3v) is 2.35. The minimum atomic E-state index is -4.26. The van der Waals surface area contributed by atoms with Gasteiger partial charge in [0.1, 0.15) is 4.88 Å². The fourth-order valence-electron chi connectivity index (χ4n) is 0.636. The molecule has 1 heterocycles. The zero-order chi connectivity index (χ0) is 11.4. The first-order valence-electron chi connectivity index (χ1n) is 4.26. The van der Waals surface area contributed by atoms with Crippen LogP contribution in [0, 0.1) is 6.92 Å². The van der Waals surface area contributed by atoms with Gasteiger partial charge in [0.05, 0.1) is 0 Å². The van der Waals surface area contributed by atoms with E-state index in [1.807, 2.05) is 0 Å². The third-order valence-electron chi connectivity index (χ3n) is 1.24. The van der Waals surface area contributed by atoms with E-state index in [0.717, 1.165) is 6.07 Å². The van der Waals surface area contributed by atoms with Crippen molar-refractivity contribution in [3.05, 3.63) is 15.8 Å². The van der Waals surface area contributed by atoms with Crippen LogP contribution < -0.4 is 5.73 Å². The van der Waals surface area contributed by atoms with Gasteiger partial charge in [-0.25, -0.2) is 0 Å². The Kier molecular flexibility index (Phi) is 4.97. The predicted molar refractivity (Wildman–Crippen MR) is 54.4 cm³/mol. The van der Waals surface area contributed by atoms with Crippen molar-refractivity contribution in [3.8, 4) is 0 Å². The molecule has 0 fully saturated rings. The topological polar surface area (TPSA) is 26.0 Å². The van der Waals surface area contributed by atoms with Crippen LogP contribution in [0.3, 0.4) is 0 Å². The summed E-state index contributed by atoms with van der Waals surface area (Å²) in [7, 11) is 0. The van der Waals surface area contributed by atoms with Gasteiger partial charge in [0.15, 0.2) is 0 Å². The molecule has 0 saturated heterocycles. The SMILES string of the molecule is CCC.Cc1sc(C(F)(F)F)cc1N. The van der Waals surface area contributed by atoms with Gasteiger partial charge in [-0.05, 0) is 13.0 Å². The summed E-state index contributed by atoms with van der Waals surface area (Å²) in [5.74, 6) is 0. The largest absolute Gasteiger partial charge is 0.425 e. The maximum atomic E-state index is 11.9. The molecular formula is C9H14F3NS. The van der Waals surface area contributed by atoms with E-state index in [-0.39, 0.29) is 5.69 Å². The van der Waals surface area contributed by atoms with E-state index in [1.54, 1.807) is 6.92 Å². The van der Waals surface area contributed by atoms with Crippen molar-refractivity contribution >= 4 is 17.0 Å². The Balaban J connectivity index is 0.000000500. The lowest BCUT2D eigenvalue weighted by atomic mass is 10.4. The number of nitrogen functional groups attached to an aromatic ring is 1. The molecule has 0 aromatic carbocycles. The van der Waals surface area contributed by atoms with E-state index in [0.29, 0.717) is 16.2 Å². The number of rotatable bonds is 0. The first kappa shape index (κ1) is 13.3. The van der Waals surface area contributed by atoms with Crippen molar-refractivity contribution in [1.82, 2.24) is 0 Å². The zero-order valence-corrected chi connectivity index (χ0v) is 9.22. The summed E-state index contributed by atoms with van der Waals surface area (Å²) < 4.78 is 35.8. The lowest BCUT2D eigenvalue weighted by Gasteiger charge is -1.99. The second kappa shape index (κ2) is 5.24. The second-order valence-electron chi connectivity index (χ2n) is 2.83. The predicted octanol–water partition coefficient (Wildman–Crippen LogP) is 4.07. The lowest BCUT2D eigenvalue weighted by Crippen LogP contribution is -2.00. The summed E-state index contributed by atoms with van der Waals surface area (Å²) >= 11 is 0.671. The number of alkyl halides is 3. The highest BCUT2D eigenvalue weighted by molar-refractivity contribution is 7.12. The van der Waals surface area contributed by atoms with Gasteiger partial charge in [0, 0.05) is 10.6 Å². The standard InChI is InChI=1S/C6H6F3NS.C3H8/c1-3-4(10)2-5(11-3)6(7,8)9;1-3-2/h2H,10H2,1H3;3H2,1-2H3. The Morgan fingerprint density at radius 1 is 1.36 bits per heavy atom. The van der Waals surface area contributed by atoms with E-state index in [1.165, 1.54) is 6.42 Å². The van der Waals surface area contributed by atoms with E-state index < -0.39 is 11.1 Å². The van der Waals surface area contributed by atoms with Crippen LogP contribution in [0.15, 0.2) is 6.07 Å². The maximum Gasteiger partial charge on any atom is 0.425 e. The molecule has 0 aliphatic rings. The van der Waals surface area contributed by atoms with Gasteiger partial charge < -0.3 is 5.73 Å². The van der Waals surface area contributed by atoms with E-state index in [4.69, 9.17) is 5.73 Å². The van der Waals surface area contributed by atoms with Crippen molar-refractivity contribution < 1.29 is 13.2 Å². The number of hydrogen-bond donors (Lipinski definition) is 1. The Morgan fingerprint density at radius 3 is 1.93 bits per heavy atom. The number of thiophene rings is 1. The molecule has 0 aliphatic heterocycles. The Hall–Kier alpha value is -0.710. The summed E-state index contributed by atoms with van der Waals surface area (Å²) in [5.41, 5.74) is 5.46. The summed E-state index contributed by atoms with van der Waals surface area (Å²) in [4.78, 5) is -0.121. The highest BCUT2D eigenvalue weighted by Crippen LogP contribution is 2.37. The van der Waals surface area contributed by atoms with Crippen molar-refractivity contribution in [2.24, 2.45) is 0 Å². The van der Waals surface area contributed by atoms with Gasteiger partial charge in [-0.3, -0.25) is 0 Å². The minimum absolute atomic E-state index is 0.210. The molecular weight excluding hydrogens is 211 g/mol. The fraction of sp³-hybridized carbons (Fsp3) is 0.556. The molecule has 82 valence electrons. The molecule has 0 spiro atoms. The van der Waals surface area contributed by atoms with Crippen LogP contribution in [-0.2, 0) is 6.18 Å². The molecule has 5 heteroatoms. The monoisotopic (exact) mass is 225 g/mol. The number of nitrogens with two attached hydrogens (primary N) is 1. The smallest absolute Gasteiger partial charge is 0.398 e. The first-order chi connectivity index (χ1) is 6.32. The van der Waals surface area contributed by atoms with Crippen molar-refractivity contribution in [2.75, 3.05) is 5.73 Å². The molecule has 1 aromatic heterocycles. The zero-order valence-electron chi connectivity index (χ0n) is 8.40. The molecule has 0 bridgehead atoms. The van der Waals surface area contributed by atoms with Crippen molar-refractivity contribution in [1.29, 1.82) is 0 Å². The Bertz CT molecular complexity index is 259. The average molecular weight is 225 g/mol. The number of anilines is 1. The number of hydrogen-bond acceptors (Lipinski definition) is 2. The van der Waals surface area contributed by atoms with Crippen LogP contribution in [0.4, 0.5) is 18.9 Å². The summed E-state index contributed by atoms with van der Waals surface area (Å²) in [6.07, 6.45) is -3.01. The third kappa shape index (κ3) is 4.00. The molecule has 1 nitrogen and oxygen atoms in total. The Morgan fingerprint density at radius 2 is 1.79 bits per heavy atom. The van der Waals surface area contributed by atoms with Crippen LogP contribution >= 0.6 is 11.3 Å². The summed E-state index contributed by atoms with van der Waals surface area (Å²) in [5, 5.41) is 0. The van der Waals surface area contributed by atoms with Gasteiger partial charge in [-0.15, -0.1) is 11.3 Å². The highest BCUT2D eigenvalue weighted by atomic mass is 32.1. The fourth-order valence-corrected chi connectivity index (χ4v) is 1.44. The van der Waals surface area contributed by atoms with Crippen LogP contribution in [-0.4, -0.2) is 0 Å². The van der Waals surface area contributed by atoms with Crippen molar-refractivity contribution in [2.45, 2.75) is 33.4 Å². The number of halogens is 3. The van der Waals surface area contributed by atoms with Crippen molar-refractivity contribution in [3.63, 3.8) is 0 Å². The molecule has 0 saturated carbocycles. The lowest BCUT2D eigenvalue weighted by molar-refractivity contribution is -0.134. The second-order valence-corrected chi connectivity index (χ2v) is 4.08. The van der Waals surface area contributed by atoms with Gasteiger partial charge >= 0.3 is 6.18 Å². The van der Waals surface area contributed by atoms with Gasteiger partial charge in [-0.2, -0.15) is 13.2 Å². The molecule has 0 atom stereocenters. The molecule has 2 N–H and O–H groups in total. The molecule has 1 rings (SSSR count). The molecule has 1 aromatic rings. The molecule has 14 heavy (non-hydrogen) atoms. The normalized spacial score (nSPS) is 10.7. The van der Waals surface area contributed by atoms with E-state index in [9.17, 15) is 13.2 Å². The Labute approximate surface area is 85.7 Å². The number of aryl methyl sites for hydroxylation is 1. The van der Waals surface area contributed by atoms with Crippen LogP contribution in [0.25, 0.3) is 0 Å². The highest BCUT2D eigenvalue weighted by Gasteiger charge is 2.32. The summed E-state index contributed by atoms with van der Waals surface area (Å²) in [6.45, 7) is 5.81.